The van der Waals surface area contributed by atoms with Crippen LogP contribution in [0, 0.1) is 6.07 Å². The van der Waals surface area contributed by atoms with Crippen molar-refractivity contribution in [2.45, 2.75) is 19.8 Å². The minimum atomic E-state index is 0.769. The summed E-state index contributed by atoms with van der Waals surface area (Å²) in [5.74, 6) is 0. The van der Waals surface area contributed by atoms with Crippen molar-refractivity contribution in [3.05, 3.63) is 65.2 Å². The van der Waals surface area contributed by atoms with Gasteiger partial charge >= 0.3 is 0 Å². The van der Waals surface area contributed by atoms with Gasteiger partial charge in [-0.25, -0.2) is 0 Å². The van der Waals surface area contributed by atoms with E-state index in [1.165, 1.54) is 16.7 Å². The van der Waals surface area contributed by atoms with Crippen molar-refractivity contribution in [3.8, 4) is 0 Å². The summed E-state index contributed by atoms with van der Waals surface area (Å²) in [5.41, 5.74) is 10.3. The summed E-state index contributed by atoms with van der Waals surface area (Å²) < 4.78 is 0. The van der Waals surface area contributed by atoms with Gasteiger partial charge < -0.3 is 5.73 Å². The second-order valence-electron chi connectivity index (χ2n) is 3.99. The average Bonchev–Trinajstić information content (AvgIpc) is 2.33. The zero-order valence-electron chi connectivity index (χ0n) is 9.53. The van der Waals surface area contributed by atoms with Crippen molar-refractivity contribution in [3.63, 3.8) is 0 Å². The third kappa shape index (κ3) is 2.63. The highest BCUT2D eigenvalue weighted by Crippen LogP contribution is 2.12. The highest BCUT2D eigenvalue weighted by Gasteiger charge is 1.97. The first kappa shape index (κ1) is 10.7. The summed E-state index contributed by atoms with van der Waals surface area (Å²) in [6.07, 6.45) is 2.01. The van der Waals surface area contributed by atoms with Gasteiger partial charge in [-0.1, -0.05) is 37.3 Å². The fourth-order valence-corrected chi connectivity index (χ4v) is 1.69. The molecule has 81 valence electrons. The number of aryl methyl sites for hydroxylation is 1. The van der Waals surface area contributed by atoms with Gasteiger partial charge in [-0.2, -0.15) is 0 Å². The molecule has 1 nitrogen and oxygen atoms in total. The lowest BCUT2D eigenvalue weighted by molar-refractivity contribution is 1.12. The lowest BCUT2D eigenvalue weighted by Crippen LogP contribution is -1.90. The van der Waals surface area contributed by atoms with Crippen LogP contribution in [0.1, 0.15) is 23.6 Å². The molecule has 0 aromatic heterocycles. The predicted molar refractivity (Wildman–Crippen MR) is 68.3 cm³/mol. The van der Waals surface area contributed by atoms with Crippen molar-refractivity contribution < 1.29 is 0 Å². The van der Waals surface area contributed by atoms with E-state index in [1.54, 1.807) is 0 Å². The largest absolute Gasteiger partial charge is 0.399 e. The van der Waals surface area contributed by atoms with Crippen LogP contribution in [0.15, 0.2) is 42.5 Å². The standard InChI is InChI=1S/C15H16N/c1-2-12-3-5-13(6-4-12)11-14-7-9-15(16)10-8-14/h3-7,9-10H,2,11,16H2,1H3. The minimum absolute atomic E-state index is 0.769. The third-order valence-electron chi connectivity index (χ3n) is 2.73. The average molecular weight is 210 g/mol. The first-order chi connectivity index (χ1) is 7.78. The summed E-state index contributed by atoms with van der Waals surface area (Å²) in [6.45, 7) is 2.17. The summed E-state index contributed by atoms with van der Waals surface area (Å²) in [4.78, 5) is 0. The Balaban J connectivity index is 2.11. The highest BCUT2D eigenvalue weighted by molar-refractivity contribution is 5.40. The van der Waals surface area contributed by atoms with Gasteiger partial charge in [0.15, 0.2) is 0 Å². The number of anilines is 1. The maximum atomic E-state index is 5.63. The lowest BCUT2D eigenvalue weighted by atomic mass is 10.0. The molecule has 2 aromatic carbocycles. The van der Waals surface area contributed by atoms with Gasteiger partial charge in [0.2, 0.25) is 0 Å². The van der Waals surface area contributed by atoms with Gasteiger partial charge in [-0.3, -0.25) is 0 Å². The SMILES string of the molecule is CCc1ccc(Cc2[c]cc(N)cc2)cc1. The van der Waals surface area contributed by atoms with E-state index >= 15 is 0 Å². The molecule has 0 aliphatic rings. The van der Waals surface area contributed by atoms with Gasteiger partial charge in [0.1, 0.15) is 0 Å². The minimum Gasteiger partial charge on any atom is -0.399 e. The molecule has 2 aromatic rings. The Morgan fingerprint density at radius 2 is 1.69 bits per heavy atom. The van der Waals surface area contributed by atoms with Crippen molar-refractivity contribution in [1.82, 2.24) is 0 Å². The molecule has 0 heterocycles. The molecule has 2 rings (SSSR count). The molecule has 0 spiro atoms. The monoisotopic (exact) mass is 210 g/mol. The Labute approximate surface area is 96.9 Å². The van der Waals surface area contributed by atoms with E-state index in [0.717, 1.165) is 18.5 Å². The molecule has 1 heteroatoms. The molecule has 0 atom stereocenters. The molecule has 0 aliphatic heterocycles. The predicted octanol–water partition coefficient (Wildman–Crippen LogP) is 3.22. The van der Waals surface area contributed by atoms with Gasteiger partial charge in [0.25, 0.3) is 0 Å². The molecule has 0 aliphatic carbocycles. The molecule has 1 radical (unpaired) electrons. The number of nitrogen functional groups attached to an aromatic ring is 1. The lowest BCUT2D eigenvalue weighted by Gasteiger charge is -2.03. The third-order valence-corrected chi connectivity index (χ3v) is 2.73. The molecule has 0 saturated heterocycles. The quantitative estimate of drug-likeness (QED) is 0.773. The summed E-state index contributed by atoms with van der Waals surface area (Å²) in [6, 6.07) is 17.7. The van der Waals surface area contributed by atoms with Crippen molar-refractivity contribution >= 4 is 5.69 Å². The summed E-state index contributed by atoms with van der Waals surface area (Å²) in [7, 11) is 0. The Hall–Kier alpha value is -1.76. The van der Waals surface area contributed by atoms with Gasteiger partial charge in [-0.15, -0.1) is 0 Å². The smallest absolute Gasteiger partial charge is 0.0320 e. The van der Waals surface area contributed by atoms with Crippen LogP contribution in [-0.4, -0.2) is 0 Å². The molecule has 0 fully saturated rings. The normalized spacial score (nSPS) is 10.3. The number of benzene rings is 2. The molecule has 0 unspecified atom stereocenters. The van der Waals surface area contributed by atoms with E-state index in [-0.39, 0.29) is 0 Å². The molecule has 2 N–H and O–H groups in total. The molecular weight excluding hydrogens is 194 g/mol. The van der Waals surface area contributed by atoms with Crippen molar-refractivity contribution in [2.24, 2.45) is 0 Å². The number of hydrogen-bond acceptors (Lipinski definition) is 1. The summed E-state index contributed by atoms with van der Waals surface area (Å²) >= 11 is 0. The molecular formula is C15H16N. The fraction of sp³-hybridized carbons (Fsp3) is 0.200. The highest BCUT2D eigenvalue weighted by atomic mass is 14.5. The molecule has 0 saturated carbocycles. The fourth-order valence-electron chi connectivity index (χ4n) is 1.69. The van der Waals surface area contributed by atoms with Crippen LogP contribution in [-0.2, 0) is 12.8 Å². The van der Waals surface area contributed by atoms with Crippen LogP contribution in [0.3, 0.4) is 0 Å². The van der Waals surface area contributed by atoms with E-state index in [0.29, 0.717) is 0 Å². The van der Waals surface area contributed by atoms with Crippen molar-refractivity contribution in [2.75, 3.05) is 5.73 Å². The van der Waals surface area contributed by atoms with Crippen LogP contribution in [0.2, 0.25) is 0 Å². The van der Waals surface area contributed by atoms with Crippen molar-refractivity contribution in [1.29, 1.82) is 0 Å². The first-order valence-electron chi connectivity index (χ1n) is 5.62. The second kappa shape index (κ2) is 4.84. The van der Waals surface area contributed by atoms with Crippen LogP contribution in [0.4, 0.5) is 5.69 Å². The maximum absolute atomic E-state index is 5.63. The van der Waals surface area contributed by atoms with Crippen LogP contribution in [0.5, 0.6) is 0 Å². The van der Waals surface area contributed by atoms with E-state index < -0.39 is 0 Å². The summed E-state index contributed by atoms with van der Waals surface area (Å²) in [5, 5.41) is 0. The van der Waals surface area contributed by atoms with E-state index in [9.17, 15) is 0 Å². The Morgan fingerprint density at radius 3 is 2.25 bits per heavy atom. The molecule has 16 heavy (non-hydrogen) atoms. The van der Waals surface area contributed by atoms with E-state index in [2.05, 4.69) is 37.3 Å². The Kier molecular flexibility index (Phi) is 3.25. The van der Waals surface area contributed by atoms with E-state index in [4.69, 9.17) is 5.73 Å². The van der Waals surface area contributed by atoms with E-state index in [1.807, 2.05) is 18.2 Å². The van der Waals surface area contributed by atoms with Crippen LogP contribution >= 0.6 is 0 Å². The molecule has 0 amide bonds. The van der Waals surface area contributed by atoms with Crippen LogP contribution < -0.4 is 5.73 Å². The molecule has 0 bridgehead atoms. The zero-order chi connectivity index (χ0) is 11.4. The maximum Gasteiger partial charge on any atom is 0.0320 e. The first-order valence-corrected chi connectivity index (χ1v) is 5.62. The zero-order valence-corrected chi connectivity index (χ0v) is 9.53. The van der Waals surface area contributed by atoms with Gasteiger partial charge in [0, 0.05) is 5.69 Å². The number of rotatable bonds is 3. The van der Waals surface area contributed by atoms with Gasteiger partial charge in [-0.05, 0) is 47.7 Å². The Bertz CT molecular complexity index is 440. The second-order valence-corrected chi connectivity index (χ2v) is 3.99. The number of nitrogens with two attached hydrogens (primary N) is 1. The Morgan fingerprint density at radius 1 is 1.00 bits per heavy atom. The van der Waals surface area contributed by atoms with Crippen LogP contribution in [0.25, 0.3) is 0 Å². The number of hydrogen-bond donors (Lipinski definition) is 1. The topological polar surface area (TPSA) is 26.0 Å². The van der Waals surface area contributed by atoms with Gasteiger partial charge in [0.05, 0.1) is 0 Å².